The summed E-state index contributed by atoms with van der Waals surface area (Å²) in [5.41, 5.74) is 0.875. The molecular formula is C17H19N5O5S. The lowest BCUT2D eigenvalue weighted by Crippen LogP contribution is -2.11. The van der Waals surface area contributed by atoms with E-state index in [2.05, 4.69) is 19.8 Å². The smallest absolute Gasteiger partial charge is 0.338 e. The van der Waals surface area contributed by atoms with Gasteiger partial charge < -0.3 is 9.47 Å². The first-order valence-corrected chi connectivity index (χ1v) is 10.3. The number of carbonyl (C=O) groups excluding carboxylic acids is 1. The minimum atomic E-state index is -3.45. The van der Waals surface area contributed by atoms with Crippen molar-refractivity contribution in [3.05, 3.63) is 36.3 Å². The Balaban J connectivity index is 1.96. The first kappa shape index (κ1) is 19.5. The second-order valence-corrected chi connectivity index (χ2v) is 7.58. The van der Waals surface area contributed by atoms with E-state index in [1.807, 2.05) is 6.92 Å². The molecule has 28 heavy (non-hydrogen) atoms. The third-order valence-corrected chi connectivity index (χ3v) is 4.18. The summed E-state index contributed by atoms with van der Waals surface area (Å²) in [7, 11) is -3.45. The number of nitrogens with zero attached hydrogens (tertiary/aromatic N) is 4. The quantitative estimate of drug-likeness (QED) is 0.593. The summed E-state index contributed by atoms with van der Waals surface area (Å²) in [4.78, 5) is 20.1. The first-order valence-electron chi connectivity index (χ1n) is 8.45. The summed E-state index contributed by atoms with van der Waals surface area (Å²) >= 11 is 0. The molecule has 2 aromatic heterocycles. The average Bonchev–Trinajstić information content (AvgIpc) is 3.06. The number of hydrogen-bond donors (Lipinski definition) is 1. The minimum Gasteiger partial charge on any atom is -0.462 e. The zero-order valence-electron chi connectivity index (χ0n) is 15.5. The van der Waals surface area contributed by atoms with E-state index in [0.717, 1.165) is 6.26 Å². The van der Waals surface area contributed by atoms with Gasteiger partial charge in [-0.3, -0.25) is 9.40 Å². The highest BCUT2D eigenvalue weighted by molar-refractivity contribution is 7.92. The standard InChI is InChI=1S/C17H19N5O5S/c1-4-22-10-12-13(20-22)6-11(17(23)26-5-2)7-14(12)27-16-9-18-15(8-19-16)21-28(3,24)25/h6-10H,4-5H2,1-3H3,(H,18,21). The Morgan fingerprint density at radius 3 is 2.61 bits per heavy atom. The van der Waals surface area contributed by atoms with Crippen LogP contribution in [0.15, 0.2) is 30.7 Å². The number of aromatic nitrogens is 4. The zero-order valence-corrected chi connectivity index (χ0v) is 16.4. The molecule has 1 aromatic carbocycles. The lowest BCUT2D eigenvalue weighted by atomic mass is 10.1. The van der Waals surface area contributed by atoms with Gasteiger partial charge in [-0.25, -0.2) is 23.2 Å². The fourth-order valence-corrected chi connectivity index (χ4v) is 2.93. The van der Waals surface area contributed by atoms with Crippen LogP contribution in [-0.4, -0.2) is 47.0 Å². The lowest BCUT2D eigenvalue weighted by Gasteiger charge is -2.09. The third kappa shape index (κ3) is 4.55. The molecule has 0 spiro atoms. The molecule has 0 radical (unpaired) electrons. The summed E-state index contributed by atoms with van der Waals surface area (Å²) in [6, 6.07) is 3.18. The molecule has 3 aromatic rings. The fourth-order valence-electron chi connectivity index (χ4n) is 2.44. The minimum absolute atomic E-state index is 0.0686. The molecule has 0 aliphatic carbocycles. The van der Waals surface area contributed by atoms with Crippen molar-refractivity contribution in [3.63, 3.8) is 0 Å². The summed E-state index contributed by atoms with van der Waals surface area (Å²) in [6.07, 6.45) is 5.33. The van der Waals surface area contributed by atoms with E-state index in [9.17, 15) is 13.2 Å². The van der Waals surface area contributed by atoms with Gasteiger partial charge >= 0.3 is 5.97 Å². The molecule has 3 rings (SSSR count). The molecule has 148 valence electrons. The maximum atomic E-state index is 12.1. The topological polar surface area (TPSA) is 125 Å². The molecule has 10 nitrogen and oxygen atoms in total. The predicted molar refractivity (Wildman–Crippen MR) is 102 cm³/mol. The number of nitrogens with one attached hydrogen (secondary N) is 1. The molecule has 0 amide bonds. The number of fused-ring (bicyclic) bond motifs is 1. The Morgan fingerprint density at radius 2 is 2.00 bits per heavy atom. The Kier molecular flexibility index (Phi) is 5.45. The number of ether oxygens (including phenoxy) is 2. The van der Waals surface area contributed by atoms with Crippen LogP contribution in [0.4, 0.5) is 5.82 Å². The number of rotatable bonds is 7. The monoisotopic (exact) mass is 405 g/mol. The van der Waals surface area contributed by atoms with Crippen molar-refractivity contribution in [1.82, 2.24) is 19.7 Å². The SMILES string of the molecule is CCOC(=O)c1cc(Oc2cnc(NS(C)(=O)=O)cn2)c2cn(CC)nc2c1. The number of benzene rings is 1. The van der Waals surface area contributed by atoms with E-state index in [4.69, 9.17) is 9.47 Å². The van der Waals surface area contributed by atoms with E-state index in [1.165, 1.54) is 12.4 Å². The van der Waals surface area contributed by atoms with Gasteiger partial charge in [-0.05, 0) is 26.0 Å². The van der Waals surface area contributed by atoms with Crippen LogP contribution >= 0.6 is 0 Å². The summed E-state index contributed by atoms with van der Waals surface area (Å²) in [5.74, 6) is 0.0714. The number of hydrogen-bond acceptors (Lipinski definition) is 8. The van der Waals surface area contributed by atoms with E-state index in [1.54, 1.807) is 29.9 Å². The Hall–Kier alpha value is -3.21. The van der Waals surface area contributed by atoms with Crippen molar-refractivity contribution < 1.29 is 22.7 Å². The van der Waals surface area contributed by atoms with Crippen LogP contribution in [0.2, 0.25) is 0 Å². The molecule has 0 fully saturated rings. The van der Waals surface area contributed by atoms with Gasteiger partial charge in [0.1, 0.15) is 5.75 Å². The highest BCUT2D eigenvalue weighted by atomic mass is 32.2. The van der Waals surface area contributed by atoms with Crippen LogP contribution in [0.25, 0.3) is 10.9 Å². The van der Waals surface area contributed by atoms with E-state index < -0.39 is 16.0 Å². The van der Waals surface area contributed by atoms with E-state index in [0.29, 0.717) is 28.8 Å². The van der Waals surface area contributed by atoms with Crippen molar-refractivity contribution in [2.24, 2.45) is 0 Å². The third-order valence-electron chi connectivity index (χ3n) is 3.60. The molecule has 0 bridgehead atoms. The number of carbonyl (C=O) groups is 1. The average molecular weight is 405 g/mol. The highest BCUT2D eigenvalue weighted by Gasteiger charge is 2.16. The number of esters is 1. The maximum Gasteiger partial charge on any atom is 0.338 e. The molecule has 2 heterocycles. The molecule has 0 unspecified atom stereocenters. The van der Waals surface area contributed by atoms with Gasteiger partial charge in [0.25, 0.3) is 0 Å². The van der Waals surface area contributed by atoms with Gasteiger partial charge in [0.2, 0.25) is 15.9 Å². The van der Waals surface area contributed by atoms with Gasteiger partial charge in [0, 0.05) is 12.7 Å². The lowest BCUT2D eigenvalue weighted by molar-refractivity contribution is 0.0526. The van der Waals surface area contributed by atoms with E-state index in [-0.39, 0.29) is 18.3 Å². The predicted octanol–water partition coefficient (Wildman–Crippen LogP) is 2.19. The number of anilines is 1. The molecule has 0 saturated heterocycles. The second kappa shape index (κ2) is 7.80. The summed E-state index contributed by atoms with van der Waals surface area (Å²) in [6.45, 7) is 4.56. The Bertz CT molecular complexity index is 1110. The molecule has 0 atom stereocenters. The van der Waals surface area contributed by atoms with Crippen LogP contribution in [-0.2, 0) is 21.3 Å². The molecule has 0 saturated carbocycles. The van der Waals surface area contributed by atoms with Gasteiger partial charge in [-0.2, -0.15) is 5.10 Å². The number of aryl methyl sites for hydroxylation is 1. The largest absolute Gasteiger partial charge is 0.462 e. The van der Waals surface area contributed by atoms with Crippen molar-refractivity contribution in [3.8, 4) is 11.6 Å². The van der Waals surface area contributed by atoms with Gasteiger partial charge in [0.05, 0.1) is 41.7 Å². The van der Waals surface area contributed by atoms with Gasteiger partial charge in [-0.15, -0.1) is 0 Å². The van der Waals surface area contributed by atoms with Crippen LogP contribution < -0.4 is 9.46 Å². The van der Waals surface area contributed by atoms with E-state index >= 15 is 0 Å². The maximum absolute atomic E-state index is 12.1. The van der Waals surface area contributed by atoms with Gasteiger partial charge in [0.15, 0.2) is 5.82 Å². The zero-order chi connectivity index (χ0) is 20.3. The molecule has 0 aliphatic rings. The van der Waals surface area contributed by atoms with Crippen LogP contribution in [0.1, 0.15) is 24.2 Å². The molecule has 11 heteroatoms. The Morgan fingerprint density at radius 1 is 1.21 bits per heavy atom. The normalized spacial score (nSPS) is 11.4. The molecular weight excluding hydrogens is 386 g/mol. The highest BCUT2D eigenvalue weighted by Crippen LogP contribution is 2.30. The molecule has 0 aliphatic heterocycles. The second-order valence-electron chi connectivity index (χ2n) is 5.83. The van der Waals surface area contributed by atoms with Gasteiger partial charge in [-0.1, -0.05) is 0 Å². The first-order chi connectivity index (χ1) is 13.3. The van der Waals surface area contributed by atoms with Crippen LogP contribution in [0.3, 0.4) is 0 Å². The summed E-state index contributed by atoms with van der Waals surface area (Å²) in [5, 5.41) is 5.10. The van der Waals surface area contributed by atoms with Crippen LogP contribution in [0, 0.1) is 0 Å². The van der Waals surface area contributed by atoms with Crippen molar-refractivity contribution >= 4 is 32.7 Å². The Labute approximate surface area is 161 Å². The molecule has 1 N–H and O–H groups in total. The van der Waals surface area contributed by atoms with Crippen molar-refractivity contribution in [2.75, 3.05) is 17.6 Å². The fraction of sp³-hybridized carbons (Fsp3) is 0.294. The number of sulfonamides is 1. The summed E-state index contributed by atoms with van der Waals surface area (Å²) < 4.78 is 37.3. The van der Waals surface area contributed by atoms with Crippen molar-refractivity contribution in [2.45, 2.75) is 20.4 Å². The van der Waals surface area contributed by atoms with Crippen molar-refractivity contribution in [1.29, 1.82) is 0 Å². The van der Waals surface area contributed by atoms with Crippen LogP contribution in [0.5, 0.6) is 11.6 Å².